The number of aromatic carboxylic acids is 1. The van der Waals surface area contributed by atoms with Crippen LogP contribution in [0.3, 0.4) is 0 Å². The molecule has 5 heteroatoms. The number of rotatable bonds is 2. The third-order valence-corrected chi connectivity index (χ3v) is 3.29. The molecule has 1 saturated heterocycles. The molecule has 0 amide bonds. The van der Waals surface area contributed by atoms with Gasteiger partial charge in [0.15, 0.2) is 5.58 Å². The van der Waals surface area contributed by atoms with Gasteiger partial charge in [0, 0.05) is 31.4 Å². The van der Waals surface area contributed by atoms with Crippen LogP contribution in [0.1, 0.15) is 34.9 Å². The first-order valence-electron chi connectivity index (χ1n) is 5.95. The van der Waals surface area contributed by atoms with Crippen molar-refractivity contribution in [2.45, 2.75) is 18.8 Å². The number of fused-ring (bicyclic) bond motifs is 1. The SMILES string of the molecule is O=C(O)c1ccnc2cc(C3CCOCC3)oc12. The molecule has 1 aliphatic heterocycles. The molecule has 1 fully saturated rings. The molecule has 94 valence electrons. The fourth-order valence-corrected chi connectivity index (χ4v) is 2.31. The summed E-state index contributed by atoms with van der Waals surface area (Å²) in [5, 5.41) is 9.09. The van der Waals surface area contributed by atoms with E-state index in [1.807, 2.05) is 6.07 Å². The van der Waals surface area contributed by atoms with E-state index in [4.69, 9.17) is 14.3 Å². The van der Waals surface area contributed by atoms with Crippen molar-refractivity contribution in [1.82, 2.24) is 4.98 Å². The molecule has 0 atom stereocenters. The van der Waals surface area contributed by atoms with Gasteiger partial charge >= 0.3 is 5.97 Å². The molecule has 0 radical (unpaired) electrons. The summed E-state index contributed by atoms with van der Waals surface area (Å²) in [6.45, 7) is 1.45. The fourth-order valence-electron chi connectivity index (χ4n) is 2.31. The van der Waals surface area contributed by atoms with Gasteiger partial charge in [-0.2, -0.15) is 0 Å². The minimum Gasteiger partial charge on any atom is -0.478 e. The first-order valence-corrected chi connectivity index (χ1v) is 5.95. The molecular formula is C13H13NO4. The van der Waals surface area contributed by atoms with Crippen molar-refractivity contribution in [3.05, 3.63) is 29.7 Å². The van der Waals surface area contributed by atoms with Crippen molar-refractivity contribution in [3.63, 3.8) is 0 Å². The number of hydrogen-bond acceptors (Lipinski definition) is 4. The highest BCUT2D eigenvalue weighted by atomic mass is 16.5. The van der Waals surface area contributed by atoms with E-state index in [0.29, 0.717) is 17.0 Å². The Labute approximate surface area is 103 Å². The molecule has 2 aromatic heterocycles. The van der Waals surface area contributed by atoms with Crippen molar-refractivity contribution in [1.29, 1.82) is 0 Å². The smallest absolute Gasteiger partial charge is 0.339 e. The Bertz CT molecular complexity index is 584. The molecule has 0 aromatic carbocycles. The average molecular weight is 247 g/mol. The predicted octanol–water partition coefficient (Wildman–Crippen LogP) is 2.42. The van der Waals surface area contributed by atoms with Crippen molar-refractivity contribution in [3.8, 4) is 0 Å². The molecule has 3 rings (SSSR count). The lowest BCUT2D eigenvalue weighted by Crippen LogP contribution is -2.13. The molecule has 2 aromatic rings. The maximum Gasteiger partial charge on any atom is 0.339 e. The van der Waals surface area contributed by atoms with Gasteiger partial charge in [-0.1, -0.05) is 0 Å². The average Bonchev–Trinajstić information content (AvgIpc) is 2.83. The van der Waals surface area contributed by atoms with Gasteiger partial charge in [-0.3, -0.25) is 4.98 Å². The molecule has 18 heavy (non-hydrogen) atoms. The van der Waals surface area contributed by atoms with Crippen LogP contribution in [-0.2, 0) is 4.74 Å². The third kappa shape index (κ3) is 1.86. The Morgan fingerprint density at radius 3 is 2.89 bits per heavy atom. The van der Waals surface area contributed by atoms with Crippen LogP contribution < -0.4 is 0 Å². The van der Waals surface area contributed by atoms with Crippen LogP contribution in [0.25, 0.3) is 11.1 Å². The fraction of sp³-hybridized carbons (Fsp3) is 0.385. The number of aromatic nitrogens is 1. The topological polar surface area (TPSA) is 72.6 Å². The second-order valence-corrected chi connectivity index (χ2v) is 4.41. The van der Waals surface area contributed by atoms with E-state index in [2.05, 4.69) is 4.98 Å². The van der Waals surface area contributed by atoms with Crippen LogP contribution in [-0.4, -0.2) is 29.3 Å². The summed E-state index contributed by atoms with van der Waals surface area (Å²) >= 11 is 0. The Morgan fingerprint density at radius 1 is 1.39 bits per heavy atom. The molecule has 0 bridgehead atoms. The highest BCUT2D eigenvalue weighted by Crippen LogP contribution is 2.31. The number of carboxylic acid groups (broad SMARTS) is 1. The highest BCUT2D eigenvalue weighted by molar-refractivity contribution is 5.99. The molecule has 0 aliphatic carbocycles. The maximum absolute atomic E-state index is 11.1. The molecule has 0 saturated carbocycles. The summed E-state index contributed by atoms with van der Waals surface area (Å²) in [6.07, 6.45) is 3.31. The van der Waals surface area contributed by atoms with Crippen LogP contribution in [0.2, 0.25) is 0 Å². The number of carboxylic acids is 1. The summed E-state index contributed by atoms with van der Waals surface area (Å²) in [6, 6.07) is 3.31. The van der Waals surface area contributed by atoms with Crippen molar-refractivity contribution in [2.75, 3.05) is 13.2 Å². The highest BCUT2D eigenvalue weighted by Gasteiger charge is 2.22. The van der Waals surface area contributed by atoms with Crippen LogP contribution in [0, 0.1) is 0 Å². The van der Waals surface area contributed by atoms with Crippen LogP contribution in [0.5, 0.6) is 0 Å². The number of hydrogen-bond donors (Lipinski definition) is 1. The van der Waals surface area contributed by atoms with Crippen LogP contribution in [0.15, 0.2) is 22.7 Å². The Balaban J connectivity index is 2.04. The van der Waals surface area contributed by atoms with Crippen molar-refractivity contribution in [2.24, 2.45) is 0 Å². The number of ether oxygens (including phenoxy) is 1. The van der Waals surface area contributed by atoms with Gasteiger partial charge in [0.2, 0.25) is 0 Å². The maximum atomic E-state index is 11.1. The number of pyridine rings is 1. The monoisotopic (exact) mass is 247 g/mol. The molecule has 0 unspecified atom stereocenters. The molecule has 0 spiro atoms. The summed E-state index contributed by atoms with van der Waals surface area (Å²) in [4.78, 5) is 15.2. The third-order valence-electron chi connectivity index (χ3n) is 3.29. The summed E-state index contributed by atoms with van der Waals surface area (Å²) < 4.78 is 11.0. The summed E-state index contributed by atoms with van der Waals surface area (Å²) in [5.74, 6) is 0.124. The number of carbonyl (C=O) groups is 1. The molecule has 5 nitrogen and oxygen atoms in total. The van der Waals surface area contributed by atoms with E-state index >= 15 is 0 Å². The lowest BCUT2D eigenvalue weighted by Gasteiger charge is -2.19. The van der Waals surface area contributed by atoms with Gasteiger partial charge in [0.1, 0.15) is 16.8 Å². The Kier molecular flexibility index (Phi) is 2.76. The van der Waals surface area contributed by atoms with Crippen molar-refractivity contribution < 1.29 is 19.1 Å². The van der Waals surface area contributed by atoms with Gasteiger partial charge in [-0.15, -0.1) is 0 Å². The quantitative estimate of drug-likeness (QED) is 0.882. The van der Waals surface area contributed by atoms with Gasteiger partial charge < -0.3 is 14.3 Å². The second-order valence-electron chi connectivity index (χ2n) is 4.41. The van der Waals surface area contributed by atoms with Crippen LogP contribution >= 0.6 is 0 Å². The van der Waals surface area contributed by atoms with Gasteiger partial charge in [-0.05, 0) is 18.9 Å². The summed E-state index contributed by atoms with van der Waals surface area (Å²) in [7, 11) is 0. The van der Waals surface area contributed by atoms with Gasteiger partial charge in [0.05, 0.1) is 0 Å². The van der Waals surface area contributed by atoms with Gasteiger partial charge in [0.25, 0.3) is 0 Å². The van der Waals surface area contributed by atoms with E-state index < -0.39 is 5.97 Å². The number of nitrogens with zero attached hydrogens (tertiary/aromatic N) is 1. The number of furan rings is 1. The first-order chi connectivity index (χ1) is 8.75. The second kappa shape index (κ2) is 4.42. The Hall–Kier alpha value is -1.88. The Morgan fingerprint density at radius 2 is 2.17 bits per heavy atom. The minimum absolute atomic E-state index is 0.165. The van der Waals surface area contributed by atoms with Gasteiger partial charge in [-0.25, -0.2) is 4.79 Å². The summed E-state index contributed by atoms with van der Waals surface area (Å²) in [5.41, 5.74) is 1.14. The van der Waals surface area contributed by atoms with E-state index in [1.165, 1.54) is 12.3 Å². The predicted molar refractivity (Wildman–Crippen MR) is 63.8 cm³/mol. The van der Waals surface area contributed by atoms with Crippen molar-refractivity contribution >= 4 is 17.1 Å². The zero-order chi connectivity index (χ0) is 12.5. The minimum atomic E-state index is -0.990. The lowest BCUT2D eigenvalue weighted by molar-refractivity contribution is 0.0696. The lowest BCUT2D eigenvalue weighted by atomic mass is 9.98. The molecule has 1 N–H and O–H groups in total. The molecule has 3 heterocycles. The normalized spacial score (nSPS) is 17.1. The van der Waals surface area contributed by atoms with E-state index in [0.717, 1.165) is 31.8 Å². The zero-order valence-corrected chi connectivity index (χ0v) is 9.76. The first kappa shape index (κ1) is 11.2. The molecule has 1 aliphatic rings. The largest absolute Gasteiger partial charge is 0.478 e. The van der Waals surface area contributed by atoms with E-state index in [1.54, 1.807) is 0 Å². The molecular weight excluding hydrogens is 234 g/mol. The van der Waals surface area contributed by atoms with E-state index in [-0.39, 0.29) is 5.56 Å². The zero-order valence-electron chi connectivity index (χ0n) is 9.76. The van der Waals surface area contributed by atoms with Crippen LogP contribution in [0.4, 0.5) is 0 Å². The van der Waals surface area contributed by atoms with E-state index in [9.17, 15) is 4.79 Å². The standard InChI is InChI=1S/C13H13NO4/c15-13(16)9-1-4-14-10-7-11(18-12(9)10)8-2-5-17-6-3-8/h1,4,7-8H,2-3,5-6H2,(H,15,16).